The zero-order valence-corrected chi connectivity index (χ0v) is 13.4. The topological polar surface area (TPSA) is 74.6 Å². The number of carbonyl (C=O) groups is 1. The average molecular weight is 311 g/mol. The van der Waals surface area contributed by atoms with Gasteiger partial charge >= 0.3 is 5.97 Å². The number of aromatic nitrogens is 1. The van der Waals surface area contributed by atoms with Crippen molar-refractivity contribution in [2.45, 2.75) is 26.8 Å². The second-order valence-electron chi connectivity index (χ2n) is 5.26. The summed E-state index contributed by atoms with van der Waals surface area (Å²) in [4.78, 5) is 19.8. The number of nitrogens with zero attached hydrogens (tertiary/aromatic N) is 2. The normalized spacial score (nSPS) is 11.5. The summed E-state index contributed by atoms with van der Waals surface area (Å²) in [5.41, 5.74) is 4.14. The molecule has 1 heterocycles. The van der Waals surface area contributed by atoms with Gasteiger partial charge in [0.25, 0.3) is 0 Å². The van der Waals surface area contributed by atoms with E-state index in [1.807, 2.05) is 31.2 Å². The minimum atomic E-state index is -0.941. The number of carboxylic acid groups (broad SMARTS) is 1. The number of para-hydroxylation sites is 1. The molecule has 0 spiro atoms. The summed E-state index contributed by atoms with van der Waals surface area (Å²) in [5.74, 6) is -0.941. The van der Waals surface area contributed by atoms with Gasteiger partial charge < -0.3 is 10.4 Å². The summed E-state index contributed by atoms with van der Waals surface area (Å²) in [6, 6.07) is 11.1. The van der Waals surface area contributed by atoms with Crippen LogP contribution in [0.2, 0.25) is 0 Å². The van der Waals surface area contributed by atoms with Gasteiger partial charge in [0.05, 0.1) is 16.9 Å². The van der Waals surface area contributed by atoms with Crippen molar-refractivity contribution >= 4 is 17.4 Å². The molecular formula is C18H21N3O2. The van der Waals surface area contributed by atoms with E-state index in [9.17, 15) is 4.79 Å². The fraction of sp³-hybridized carbons (Fsp3) is 0.278. The Morgan fingerprint density at radius 3 is 2.78 bits per heavy atom. The van der Waals surface area contributed by atoms with Gasteiger partial charge in [-0.15, -0.1) is 0 Å². The Morgan fingerprint density at radius 2 is 2.09 bits per heavy atom. The Morgan fingerprint density at radius 1 is 1.30 bits per heavy atom. The van der Waals surface area contributed by atoms with Crippen LogP contribution in [0.4, 0.5) is 5.69 Å². The SMILES string of the molecule is CC/C(CNCc1cc(C(=O)O)ccn1)=N\c1ccccc1C. The van der Waals surface area contributed by atoms with Crippen LogP contribution in [0.3, 0.4) is 0 Å². The van der Waals surface area contributed by atoms with E-state index in [4.69, 9.17) is 10.1 Å². The van der Waals surface area contributed by atoms with E-state index in [2.05, 4.69) is 17.2 Å². The van der Waals surface area contributed by atoms with Crippen LogP contribution in [0.25, 0.3) is 0 Å². The van der Waals surface area contributed by atoms with Crippen molar-refractivity contribution in [3.05, 3.63) is 59.4 Å². The fourth-order valence-corrected chi connectivity index (χ4v) is 2.15. The quantitative estimate of drug-likeness (QED) is 0.769. The van der Waals surface area contributed by atoms with E-state index in [1.54, 1.807) is 6.07 Å². The summed E-state index contributed by atoms with van der Waals surface area (Å²) in [7, 11) is 0. The lowest BCUT2D eigenvalue weighted by Gasteiger charge is -2.08. The first-order valence-corrected chi connectivity index (χ1v) is 7.61. The molecule has 0 saturated carbocycles. The molecule has 0 aliphatic heterocycles. The van der Waals surface area contributed by atoms with Crippen LogP contribution < -0.4 is 5.32 Å². The maximum atomic E-state index is 10.9. The third-order valence-corrected chi connectivity index (χ3v) is 3.50. The molecule has 1 aromatic carbocycles. The van der Waals surface area contributed by atoms with Crippen LogP contribution in [0, 0.1) is 6.92 Å². The van der Waals surface area contributed by atoms with Crippen molar-refractivity contribution in [2.24, 2.45) is 4.99 Å². The number of pyridine rings is 1. The van der Waals surface area contributed by atoms with E-state index >= 15 is 0 Å². The van der Waals surface area contributed by atoms with Crippen molar-refractivity contribution in [1.29, 1.82) is 0 Å². The van der Waals surface area contributed by atoms with Crippen LogP contribution in [-0.4, -0.2) is 28.3 Å². The molecule has 0 bridgehead atoms. The van der Waals surface area contributed by atoms with Gasteiger partial charge in [0.1, 0.15) is 0 Å². The van der Waals surface area contributed by atoms with Gasteiger partial charge in [-0.25, -0.2) is 4.79 Å². The highest BCUT2D eigenvalue weighted by molar-refractivity contribution is 5.89. The molecule has 120 valence electrons. The molecular weight excluding hydrogens is 290 g/mol. The Labute approximate surface area is 136 Å². The summed E-state index contributed by atoms with van der Waals surface area (Å²) in [6.07, 6.45) is 2.37. The van der Waals surface area contributed by atoms with E-state index in [0.717, 1.165) is 23.4 Å². The largest absolute Gasteiger partial charge is 0.478 e. The first-order valence-electron chi connectivity index (χ1n) is 7.61. The summed E-state index contributed by atoms with van der Waals surface area (Å²) < 4.78 is 0. The van der Waals surface area contributed by atoms with Crippen LogP contribution in [0.1, 0.15) is 35.0 Å². The summed E-state index contributed by atoms with van der Waals surface area (Å²) >= 11 is 0. The highest BCUT2D eigenvalue weighted by Crippen LogP contribution is 2.17. The molecule has 0 aliphatic carbocycles. The molecule has 2 N–H and O–H groups in total. The van der Waals surface area contributed by atoms with Crippen LogP contribution in [0.15, 0.2) is 47.6 Å². The minimum Gasteiger partial charge on any atom is -0.478 e. The summed E-state index contributed by atoms with van der Waals surface area (Å²) in [6.45, 7) is 5.26. The lowest BCUT2D eigenvalue weighted by molar-refractivity contribution is 0.0696. The molecule has 0 unspecified atom stereocenters. The van der Waals surface area contributed by atoms with Crippen molar-refractivity contribution in [3.8, 4) is 0 Å². The van der Waals surface area contributed by atoms with Gasteiger partial charge in [0.15, 0.2) is 0 Å². The molecule has 2 aromatic rings. The number of benzene rings is 1. The first kappa shape index (κ1) is 16.8. The highest BCUT2D eigenvalue weighted by atomic mass is 16.4. The molecule has 0 radical (unpaired) electrons. The smallest absolute Gasteiger partial charge is 0.335 e. The van der Waals surface area contributed by atoms with E-state index < -0.39 is 5.97 Å². The third kappa shape index (κ3) is 5.00. The van der Waals surface area contributed by atoms with Crippen LogP contribution >= 0.6 is 0 Å². The Bertz CT molecular complexity index is 711. The highest BCUT2D eigenvalue weighted by Gasteiger charge is 2.05. The van der Waals surface area contributed by atoms with Crippen molar-refractivity contribution in [1.82, 2.24) is 10.3 Å². The zero-order valence-electron chi connectivity index (χ0n) is 13.4. The van der Waals surface area contributed by atoms with Crippen molar-refractivity contribution in [3.63, 3.8) is 0 Å². The number of nitrogens with one attached hydrogen (secondary N) is 1. The minimum absolute atomic E-state index is 0.251. The maximum Gasteiger partial charge on any atom is 0.335 e. The second kappa shape index (κ2) is 8.19. The lowest BCUT2D eigenvalue weighted by Crippen LogP contribution is -2.22. The van der Waals surface area contributed by atoms with Crippen molar-refractivity contribution < 1.29 is 9.90 Å². The Hall–Kier alpha value is -2.53. The molecule has 0 amide bonds. The number of aryl methyl sites for hydroxylation is 1. The molecule has 0 fully saturated rings. The molecule has 0 aliphatic rings. The third-order valence-electron chi connectivity index (χ3n) is 3.50. The van der Waals surface area contributed by atoms with Gasteiger partial charge in [0.2, 0.25) is 0 Å². The number of rotatable bonds is 7. The lowest BCUT2D eigenvalue weighted by atomic mass is 10.2. The van der Waals surface area contributed by atoms with Gasteiger partial charge in [-0.05, 0) is 37.1 Å². The molecule has 5 heteroatoms. The Balaban J connectivity index is 1.97. The van der Waals surface area contributed by atoms with Crippen molar-refractivity contribution in [2.75, 3.05) is 6.54 Å². The van der Waals surface area contributed by atoms with Gasteiger partial charge in [0, 0.05) is 25.0 Å². The molecule has 0 atom stereocenters. The molecule has 2 rings (SSSR count). The summed E-state index contributed by atoms with van der Waals surface area (Å²) in [5, 5.41) is 12.3. The van der Waals surface area contributed by atoms with Crippen LogP contribution in [0.5, 0.6) is 0 Å². The number of aromatic carboxylic acids is 1. The van der Waals surface area contributed by atoms with Gasteiger partial charge in [-0.3, -0.25) is 9.98 Å². The van der Waals surface area contributed by atoms with E-state index in [-0.39, 0.29) is 5.56 Å². The number of carboxylic acids is 1. The van der Waals surface area contributed by atoms with Gasteiger partial charge in [-0.2, -0.15) is 0 Å². The van der Waals surface area contributed by atoms with Gasteiger partial charge in [-0.1, -0.05) is 25.1 Å². The van der Waals surface area contributed by atoms with Crippen LogP contribution in [-0.2, 0) is 6.54 Å². The number of hydrogen-bond donors (Lipinski definition) is 2. The standard InChI is InChI=1S/C18H21N3O2/c1-3-15(21-17-7-5-4-6-13(17)2)11-19-12-16-10-14(18(22)23)8-9-20-16/h4-10,19H,3,11-12H2,1-2H3,(H,22,23)/b21-15+. The van der Waals surface area contributed by atoms with E-state index in [1.165, 1.54) is 12.3 Å². The number of aliphatic imine (C=N–C) groups is 1. The maximum absolute atomic E-state index is 10.9. The average Bonchev–Trinajstić information content (AvgIpc) is 2.56. The Kier molecular flexibility index (Phi) is 6.00. The molecule has 5 nitrogen and oxygen atoms in total. The van der Waals surface area contributed by atoms with E-state index in [0.29, 0.717) is 18.8 Å². The second-order valence-corrected chi connectivity index (χ2v) is 5.26. The monoisotopic (exact) mass is 311 g/mol. The fourth-order valence-electron chi connectivity index (χ4n) is 2.15. The number of hydrogen-bond acceptors (Lipinski definition) is 4. The molecule has 1 aromatic heterocycles. The molecule has 0 saturated heterocycles. The molecule has 23 heavy (non-hydrogen) atoms. The predicted molar refractivity (Wildman–Crippen MR) is 91.5 cm³/mol. The zero-order chi connectivity index (χ0) is 16.7. The first-order chi connectivity index (χ1) is 11.1. The predicted octanol–water partition coefficient (Wildman–Crippen LogP) is 3.36.